The summed E-state index contributed by atoms with van der Waals surface area (Å²) < 4.78 is 0.734. The second kappa shape index (κ2) is 6.23. The average molecular weight is 369 g/mol. The van der Waals surface area contributed by atoms with Crippen LogP contribution in [0.2, 0.25) is 0 Å². The Morgan fingerprint density at radius 2 is 2.19 bits per heavy atom. The van der Waals surface area contributed by atoms with E-state index >= 15 is 0 Å². The predicted octanol–water partition coefficient (Wildman–Crippen LogP) is 3.91. The van der Waals surface area contributed by atoms with Crippen LogP contribution in [0.3, 0.4) is 0 Å². The highest BCUT2D eigenvalue weighted by Crippen LogP contribution is 2.37. The zero-order chi connectivity index (χ0) is 15.6. The van der Waals surface area contributed by atoms with Gasteiger partial charge in [-0.15, -0.1) is 0 Å². The molecule has 0 saturated heterocycles. The van der Waals surface area contributed by atoms with Crippen LogP contribution in [-0.2, 0) is 0 Å². The molecule has 8 heteroatoms. The number of aromatic carboxylic acids is 1. The van der Waals surface area contributed by atoms with Crippen LogP contribution >= 0.6 is 27.7 Å². The van der Waals surface area contributed by atoms with Crippen molar-refractivity contribution in [2.45, 2.75) is 16.8 Å². The Balaban J connectivity index is 2.55. The molecule has 1 N–H and O–H groups in total. The molecule has 21 heavy (non-hydrogen) atoms. The molecule has 0 atom stereocenters. The van der Waals surface area contributed by atoms with E-state index in [4.69, 9.17) is 5.11 Å². The van der Waals surface area contributed by atoms with Gasteiger partial charge >= 0.3 is 5.97 Å². The third kappa shape index (κ3) is 3.40. The molecular weight excluding hydrogens is 360 g/mol. The van der Waals surface area contributed by atoms with Crippen molar-refractivity contribution in [2.24, 2.45) is 0 Å². The van der Waals surface area contributed by atoms with Gasteiger partial charge in [0.2, 0.25) is 0 Å². The van der Waals surface area contributed by atoms with Crippen molar-refractivity contribution < 1.29 is 14.8 Å². The van der Waals surface area contributed by atoms with E-state index in [9.17, 15) is 14.9 Å². The maximum Gasteiger partial charge on any atom is 0.335 e. The molecule has 6 nitrogen and oxygen atoms in total. The van der Waals surface area contributed by atoms with E-state index < -0.39 is 10.9 Å². The molecule has 0 aliphatic heterocycles. The summed E-state index contributed by atoms with van der Waals surface area (Å²) in [5.41, 5.74) is 0.0684. The van der Waals surface area contributed by atoms with Crippen LogP contribution in [0.25, 0.3) is 0 Å². The zero-order valence-electron chi connectivity index (χ0n) is 10.7. The molecule has 0 aliphatic carbocycles. The standard InChI is InChI=1S/C13H9BrN2O4S/c1-7-10(16(19)20)5-8(13(17)18)6-11(7)21-12-9(14)3-2-4-15-12/h2-6H,1H3,(H,17,18). The number of nitro benzene ring substituents is 1. The Hall–Kier alpha value is -1.93. The van der Waals surface area contributed by atoms with Gasteiger partial charge in [0.25, 0.3) is 5.69 Å². The predicted molar refractivity (Wildman–Crippen MR) is 80.9 cm³/mol. The average Bonchev–Trinajstić information content (AvgIpc) is 2.42. The normalized spacial score (nSPS) is 10.4. The lowest BCUT2D eigenvalue weighted by molar-refractivity contribution is -0.385. The summed E-state index contributed by atoms with van der Waals surface area (Å²) in [5.74, 6) is -1.21. The smallest absolute Gasteiger partial charge is 0.335 e. The van der Waals surface area contributed by atoms with Crippen molar-refractivity contribution in [3.8, 4) is 0 Å². The maximum absolute atomic E-state index is 11.1. The highest BCUT2D eigenvalue weighted by molar-refractivity contribution is 9.10. The molecule has 108 valence electrons. The van der Waals surface area contributed by atoms with Gasteiger partial charge in [-0.05, 0) is 41.1 Å². The first-order valence-corrected chi connectivity index (χ1v) is 7.32. The SMILES string of the molecule is Cc1c(Sc2ncccc2Br)cc(C(=O)O)cc1[N+](=O)[O-]. The molecule has 0 unspecified atom stereocenters. The van der Waals surface area contributed by atoms with Crippen LogP contribution in [-0.4, -0.2) is 21.0 Å². The highest BCUT2D eigenvalue weighted by atomic mass is 79.9. The lowest BCUT2D eigenvalue weighted by Gasteiger charge is -2.08. The molecule has 0 spiro atoms. The van der Waals surface area contributed by atoms with Crippen molar-refractivity contribution in [2.75, 3.05) is 0 Å². The first-order valence-electron chi connectivity index (χ1n) is 5.71. The van der Waals surface area contributed by atoms with Crippen LogP contribution in [0.4, 0.5) is 5.69 Å². The van der Waals surface area contributed by atoms with Crippen LogP contribution in [0, 0.1) is 17.0 Å². The Morgan fingerprint density at radius 1 is 1.48 bits per heavy atom. The number of halogens is 1. The summed E-state index contributed by atoms with van der Waals surface area (Å²) in [5, 5.41) is 20.7. The molecule has 1 aromatic carbocycles. The molecule has 0 saturated carbocycles. The van der Waals surface area contributed by atoms with Gasteiger partial charge < -0.3 is 5.11 Å². The largest absolute Gasteiger partial charge is 0.478 e. The minimum absolute atomic E-state index is 0.123. The van der Waals surface area contributed by atoms with Gasteiger partial charge in [0.05, 0.1) is 15.0 Å². The molecule has 2 aromatic rings. The summed E-state index contributed by atoms with van der Waals surface area (Å²) in [4.78, 5) is 26.2. The van der Waals surface area contributed by atoms with Gasteiger partial charge in [-0.1, -0.05) is 11.8 Å². The van der Waals surface area contributed by atoms with Crippen molar-refractivity contribution in [1.82, 2.24) is 4.98 Å². The Bertz CT molecular complexity index is 736. The third-order valence-corrected chi connectivity index (χ3v) is 4.77. The first kappa shape index (κ1) is 15.5. The summed E-state index contributed by atoms with van der Waals surface area (Å²) >= 11 is 4.52. The third-order valence-electron chi connectivity index (χ3n) is 2.71. The number of rotatable bonds is 4. The molecule has 2 rings (SSSR count). The fraction of sp³-hybridized carbons (Fsp3) is 0.0769. The number of hydrogen-bond acceptors (Lipinski definition) is 5. The van der Waals surface area contributed by atoms with Gasteiger partial charge in [0.15, 0.2) is 0 Å². The quantitative estimate of drug-likeness (QED) is 0.649. The Kier molecular flexibility index (Phi) is 4.59. The van der Waals surface area contributed by atoms with Crippen LogP contribution in [0.1, 0.15) is 15.9 Å². The molecular formula is C13H9BrN2O4S. The van der Waals surface area contributed by atoms with E-state index in [0.717, 1.165) is 10.5 Å². The van der Waals surface area contributed by atoms with E-state index in [1.54, 1.807) is 25.3 Å². The van der Waals surface area contributed by atoms with Crippen LogP contribution in [0.15, 0.2) is 44.9 Å². The van der Waals surface area contributed by atoms with E-state index in [-0.39, 0.29) is 11.3 Å². The number of carbonyl (C=O) groups is 1. The number of hydrogen-bond donors (Lipinski definition) is 1. The van der Waals surface area contributed by atoms with Crippen LogP contribution < -0.4 is 0 Å². The molecule has 0 aliphatic rings. The first-order chi connectivity index (χ1) is 9.90. The number of carboxylic acids is 1. The monoisotopic (exact) mass is 368 g/mol. The minimum Gasteiger partial charge on any atom is -0.478 e. The van der Waals surface area contributed by atoms with Gasteiger partial charge in [0.1, 0.15) is 5.03 Å². The fourth-order valence-electron chi connectivity index (χ4n) is 1.64. The van der Waals surface area contributed by atoms with Crippen molar-refractivity contribution in [1.29, 1.82) is 0 Å². The lowest BCUT2D eigenvalue weighted by atomic mass is 10.1. The van der Waals surface area contributed by atoms with Gasteiger partial charge in [-0.25, -0.2) is 9.78 Å². The maximum atomic E-state index is 11.1. The van der Waals surface area contributed by atoms with Gasteiger partial charge in [-0.2, -0.15) is 0 Å². The van der Waals surface area contributed by atoms with E-state index in [0.29, 0.717) is 15.5 Å². The number of nitrogens with zero attached hydrogens (tertiary/aromatic N) is 2. The summed E-state index contributed by atoms with van der Waals surface area (Å²) in [7, 11) is 0. The second-order valence-electron chi connectivity index (χ2n) is 4.07. The fourth-order valence-corrected chi connectivity index (χ4v) is 3.07. The molecule has 0 amide bonds. The molecule has 0 radical (unpaired) electrons. The molecule has 1 aromatic heterocycles. The Labute approximate surface area is 132 Å². The summed E-state index contributed by atoms with van der Waals surface area (Å²) in [6.45, 7) is 1.59. The molecule has 1 heterocycles. The number of carboxylic acid groups (broad SMARTS) is 1. The lowest BCUT2D eigenvalue weighted by Crippen LogP contribution is -2.01. The Morgan fingerprint density at radius 3 is 2.76 bits per heavy atom. The summed E-state index contributed by atoms with van der Waals surface area (Å²) in [6, 6.07) is 6.02. The second-order valence-corrected chi connectivity index (χ2v) is 5.96. The number of aromatic nitrogens is 1. The molecule has 0 bridgehead atoms. The number of benzene rings is 1. The van der Waals surface area contributed by atoms with Crippen molar-refractivity contribution in [3.63, 3.8) is 0 Å². The number of nitro groups is 1. The topological polar surface area (TPSA) is 93.3 Å². The zero-order valence-corrected chi connectivity index (χ0v) is 13.1. The van der Waals surface area contributed by atoms with Gasteiger partial charge in [0, 0.05) is 22.7 Å². The minimum atomic E-state index is -1.21. The van der Waals surface area contributed by atoms with Crippen LogP contribution in [0.5, 0.6) is 0 Å². The van der Waals surface area contributed by atoms with Gasteiger partial charge in [-0.3, -0.25) is 10.1 Å². The van der Waals surface area contributed by atoms with Crippen molar-refractivity contribution in [3.05, 3.63) is 56.2 Å². The summed E-state index contributed by atoms with van der Waals surface area (Å²) in [6.07, 6.45) is 1.60. The van der Waals surface area contributed by atoms with Crippen molar-refractivity contribution >= 4 is 39.3 Å². The highest BCUT2D eigenvalue weighted by Gasteiger charge is 2.20. The molecule has 0 fully saturated rings. The van der Waals surface area contributed by atoms with E-state index in [2.05, 4.69) is 20.9 Å². The van der Waals surface area contributed by atoms with E-state index in [1.807, 2.05) is 0 Å². The van der Waals surface area contributed by atoms with E-state index in [1.165, 1.54) is 17.8 Å². The number of pyridine rings is 1.